The van der Waals surface area contributed by atoms with Crippen LogP contribution < -0.4 is 5.32 Å². The Balaban J connectivity index is 2.02. The molecule has 2 rings (SSSR count). The van der Waals surface area contributed by atoms with Gasteiger partial charge < -0.3 is 0 Å². The van der Waals surface area contributed by atoms with Crippen LogP contribution in [-0.4, -0.2) is 17.0 Å². The van der Waals surface area contributed by atoms with Gasteiger partial charge in [-0.05, 0) is 29.0 Å². The summed E-state index contributed by atoms with van der Waals surface area (Å²) in [5.74, 6) is 2.05. The van der Waals surface area contributed by atoms with Gasteiger partial charge in [-0.2, -0.15) is 17.0 Å². The van der Waals surface area contributed by atoms with Gasteiger partial charge >= 0.3 is 0 Å². The number of nitrogens with zero attached hydrogens (tertiary/aromatic N) is 1. The third-order valence-electron chi connectivity index (χ3n) is 3.02. The number of hydrogen-bond acceptors (Lipinski definition) is 4. The van der Waals surface area contributed by atoms with Gasteiger partial charge in [0.05, 0.1) is 6.07 Å². The third kappa shape index (κ3) is 3.25. The van der Waals surface area contributed by atoms with Crippen LogP contribution in [0.4, 0.5) is 0 Å². The average Bonchev–Trinajstić information content (AvgIpc) is 2.78. The minimum absolute atomic E-state index is 0.251. The van der Waals surface area contributed by atoms with Crippen molar-refractivity contribution in [2.24, 2.45) is 5.41 Å². The van der Waals surface area contributed by atoms with E-state index >= 15 is 0 Å². The van der Waals surface area contributed by atoms with E-state index in [1.807, 2.05) is 11.8 Å². The van der Waals surface area contributed by atoms with Gasteiger partial charge in [0.1, 0.15) is 5.54 Å². The number of hydrogen-bond donors (Lipinski definition) is 1. The number of rotatable bonds is 3. The molecule has 0 radical (unpaired) electrons. The van der Waals surface area contributed by atoms with E-state index in [9.17, 15) is 5.26 Å². The van der Waals surface area contributed by atoms with Crippen LogP contribution in [0.2, 0.25) is 0 Å². The van der Waals surface area contributed by atoms with Crippen molar-refractivity contribution in [2.75, 3.05) is 11.5 Å². The fourth-order valence-corrected chi connectivity index (χ4v) is 4.33. The molecule has 1 saturated heterocycles. The SMILES string of the molecule is CC1(C)CSCC(C#N)(NCc2cccs2)C1. The Kier molecular flexibility index (Phi) is 3.82. The van der Waals surface area contributed by atoms with E-state index < -0.39 is 0 Å². The fourth-order valence-electron chi connectivity index (χ4n) is 2.31. The van der Waals surface area contributed by atoms with Crippen LogP contribution in [0.15, 0.2) is 17.5 Å². The lowest BCUT2D eigenvalue weighted by Crippen LogP contribution is -2.52. The van der Waals surface area contributed by atoms with Gasteiger partial charge in [-0.15, -0.1) is 11.3 Å². The summed E-state index contributed by atoms with van der Waals surface area (Å²) in [4.78, 5) is 1.30. The lowest BCUT2D eigenvalue weighted by atomic mass is 9.80. The van der Waals surface area contributed by atoms with E-state index in [-0.39, 0.29) is 11.0 Å². The highest BCUT2D eigenvalue weighted by Crippen LogP contribution is 2.39. The molecule has 1 N–H and O–H groups in total. The summed E-state index contributed by atoms with van der Waals surface area (Å²) in [6.45, 7) is 5.30. The second-order valence-corrected chi connectivity index (χ2v) is 7.48. The molecule has 17 heavy (non-hydrogen) atoms. The molecule has 1 atom stereocenters. The Hall–Kier alpha value is -0.500. The maximum Gasteiger partial charge on any atom is 0.116 e. The smallest absolute Gasteiger partial charge is 0.116 e. The zero-order valence-electron chi connectivity index (χ0n) is 10.3. The number of nitriles is 1. The monoisotopic (exact) mass is 266 g/mol. The maximum atomic E-state index is 9.48. The van der Waals surface area contributed by atoms with Crippen molar-refractivity contribution >= 4 is 23.1 Å². The molecule has 1 unspecified atom stereocenters. The Morgan fingerprint density at radius 3 is 2.88 bits per heavy atom. The molecule has 1 fully saturated rings. The summed E-state index contributed by atoms with van der Waals surface area (Å²) in [7, 11) is 0. The van der Waals surface area contributed by atoms with Gasteiger partial charge in [-0.25, -0.2) is 0 Å². The lowest BCUT2D eigenvalue weighted by molar-refractivity contribution is 0.270. The van der Waals surface area contributed by atoms with Crippen molar-refractivity contribution < 1.29 is 0 Å². The average molecular weight is 266 g/mol. The van der Waals surface area contributed by atoms with Crippen molar-refractivity contribution in [2.45, 2.75) is 32.4 Å². The summed E-state index contributed by atoms with van der Waals surface area (Å²) in [5.41, 5.74) is -0.0997. The van der Waals surface area contributed by atoms with Gasteiger partial charge in [0.15, 0.2) is 0 Å². The highest BCUT2D eigenvalue weighted by atomic mass is 32.2. The molecule has 0 aliphatic carbocycles. The van der Waals surface area contributed by atoms with Gasteiger partial charge in [0, 0.05) is 17.2 Å². The molecule has 1 aromatic heterocycles. The van der Waals surface area contributed by atoms with Gasteiger partial charge in [-0.3, -0.25) is 5.32 Å². The molecule has 0 saturated carbocycles. The highest BCUT2D eigenvalue weighted by Gasteiger charge is 2.40. The standard InChI is InChI=1S/C13H18N2S2/c1-12(2)7-13(8-14,10-16-9-12)15-6-11-4-3-5-17-11/h3-5,15H,6-7,9-10H2,1-2H3. The molecule has 4 heteroatoms. The lowest BCUT2D eigenvalue weighted by Gasteiger charge is -2.40. The molecule has 0 amide bonds. The van der Waals surface area contributed by atoms with Crippen LogP contribution in [-0.2, 0) is 6.54 Å². The van der Waals surface area contributed by atoms with E-state index in [0.717, 1.165) is 24.5 Å². The van der Waals surface area contributed by atoms with E-state index in [2.05, 4.69) is 42.7 Å². The quantitative estimate of drug-likeness (QED) is 0.912. The molecular weight excluding hydrogens is 248 g/mol. The van der Waals surface area contributed by atoms with Crippen LogP contribution in [0.3, 0.4) is 0 Å². The molecule has 1 aliphatic heterocycles. The summed E-state index contributed by atoms with van der Waals surface area (Å²) in [5, 5.41) is 15.0. The van der Waals surface area contributed by atoms with Crippen LogP contribution in [0.5, 0.6) is 0 Å². The largest absolute Gasteiger partial charge is 0.294 e. The maximum absolute atomic E-state index is 9.48. The minimum atomic E-state index is -0.351. The van der Waals surface area contributed by atoms with Crippen LogP contribution in [0.1, 0.15) is 25.1 Å². The van der Waals surface area contributed by atoms with Crippen LogP contribution in [0, 0.1) is 16.7 Å². The Labute approximate surface area is 111 Å². The summed E-state index contributed by atoms with van der Waals surface area (Å²) in [6.07, 6.45) is 0.939. The topological polar surface area (TPSA) is 35.8 Å². The second-order valence-electron chi connectivity index (χ2n) is 5.46. The zero-order valence-corrected chi connectivity index (χ0v) is 12.0. The Morgan fingerprint density at radius 1 is 1.47 bits per heavy atom. The predicted molar refractivity (Wildman–Crippen MR) is 75.2 cm³/mol. The van der Waals surface area contributed by atoms with Gasteiger partial charge in [-0.1, -0.05) is 19.9 Å². The number of nitrogens with one attached hydrogen (secondary N) is 1. The molecule has 0 bridgehead atoms. The minimum Gasteiger partial charge on any atom is -0.294 e. The van der Waals surface area contributed by atoms with Crippen molar-refractivity contribution in [3.05, 3.63) is 22.4 Å². The summed E-state index contributed by atoms with van der Waals surface area (Å²) < 4.78 is 0. The second kappa shape index (κ2) is 5.01. The first-order valence-corrected chi connectivity index (χ1v) is 7.85. The number of thiophene rings is 1. The van der Waals surface area contributed by atoms with Crippen molar-refractivity contribution in [3.63, 3.8) is 0 Å². The van der Waals surface area contributed by atoms with Crippen molar-refractivity contribution in [1.29, 1.82) is 5.26 Å². The van der Waals surface area contributed by atoms with Gasteiger partial charge in [0.2, 0.25) is 0 Å². The van der Waals surface area contributed by atoms with Crippen LogP contribution in [0.25, 0.3) is 0 Å². The number of thioether (sulfide) groups is 1. The predicted octanol–water partition coefficient (Wildman–Crippen LogP) is 3.26. The normalized spacial score (nSPS) is 27.6. The first-order valence-electron chi connectivity index (χ1n) is 5.82. The summed E-state index contributed by atoms with van der Waals surface area (Å²) >= 11 is 3.63. The molecule has 1 aliphatic rings. The van der Waals surface area contributed by atoms with E-state index in [1.165, 1.54) is 4.88 Å². The first-order chi connectivity index (χ1) is 8.05. The molecular formula is C13H18N2S2. The van der Waals surface area contributed by atoms with Crippen LogP contribution >= 0.6 is 23.1 Å². The van der Waals surface area contributed by atoms with Crippen molar-refractivity contribution in [1.82, 2.24) is 5.32 Å². The molecule has 0 spiro atoms. The fraction of sp³-hybridized carbons (Fsp3) is 0.615. The van der Waals surface area contributed by atoms with Gasteiger partial charge in [0.25, 0.3) is 0 Å². The Morgan fingerprint density at radius 2 is 2.29 bits per heavy atom. The van der Waals surface area contributed by atoms with Crippen molar-refractivity contribution in [3.8, 4) is 6.07 Å². The molecule has 2 nitrogen and oxygen atoms in total. The molecule has 0 aromatic carbocycles. The molecule has 1 aromatic rings. The molecule has 92 valence electrons. The van der Waals surface area contributed by atoms with E-state index in [0.29, 0.717) is 0 Å². The highest BCUT2D eigenvalue weighted by molar-refractivity contribution is 7.99. The Bertz CT molecular complexity index is 406. The van der Waals surface area contributed by atoms with E-state index in [1.54, 1.807) is 11.3 Å². The first kappa shape index (κ1) is 12.9. The summed E-state index contributed by atoms with van der Waals surface area (Å²) in [6, 6.07) is 6.68. The zero-order chi connectivity index (χ0) is 12.4. The molecule has 2 heterocycles. The van der Waals surface area contributed by atoms with E-state index in [4.69, 9.17) is 0 Å². The third-order valence-corrected chi connectivity index (χ3v) is 5.58.